The average Bonchev–Trinajstić information content (AvgIpc) is 3.37. The summed E-state index contributed by atoms with van der Waals surface area (Å²) in [5.41, 5.74) is -0.958. The number of benzene rings is 1. The Balaban J connectivity index is 1.75. The number of para-hydroxylation sites is 1. The third kappa shape index (κ3) is 4.22. The van der Waals surface area contributed by atoms with Gasteiger partial charge in [-0.25, -0.2) is 4.79 Å². The van der Waals surface area contributed by atoms with E-state index in [0.717, 1.165) is 44.6 Å². The predicted octanol–water partition coefficient (Wildman–Crippen LogP) is 5.28. The highest BCUT2D eigenvalue weighted by atomic mass is 19.4. The molecule has 1 N–H and O–H groups in total. The maximum atomic E-state index is 13.1. The molecule has 0 unspecified atom stereocenters. The Bertz CT molecular complexity index is 578. The molecule has 2 fully saturated rings. The SMILES string of the molecule is O=C(Nc1ccccc1C(F)(F)F)N(CC1CC1)C1CCCCC1. The summed E-state index contributed by atoms with van der Waals surface area (Å²) in [5.74, 6) is 0.510. The number of halogens is 3. The molecule has 0 bridgehead atoms. The van der Waals surface area contributed by atoms with Crippen LogP contribution in [0.1, 0.15) is 50.5 Å². The maximum absolute atomic E-state index is 13.1. The van der Waals surface area contributed by atoms with Gasteiger partial charge in [-0.1, -0.05) is 31.4 Å². The van der Waals surface area contributed by atoms with E-state index in [2.05, 4.69) is 5.32 Å². The van der Waals surface area contributed by atoms with Crippen LogP contribution in [0.15, 0.2) is 24.3 Å². The smallest absolute Gasteiger partial charge is 0.321 e. The molecule has 0 aromatic heterocycles. The normalized spacial score (nSPS) is 19.1. The van der Waals surface area contributed by atoms with Crippen molar-refractivity contribution in [2.75, 3.05) is 11.9 Å². The lowest BCUT2D eigenvalue weighted by Crippen LogP contribution is -2.45. The topological polar surface area (TPSA) is 32.3 Å². The quantitative estimate of drug-likeness (QED) is 0.794. The van der Waals surface area contributed by atoms with E-state index in [4.69, 9.17) is 0 Å². The van der Waals surface area contributed by atoms with Gasteiger partial charge in [-0.3, -0.25) is 0 Å². The number of urea groups is 1. The first kappa shape index (κ1) is 17.1. The summed E-state index contributed by atoms with van der Waals surface area (Å²) in [6, 6.07) is 4.92. The number of hydrogen-bond acceptors (Lipinski definition) is 1. The molecular weight excluding hydrogens is 317 g/mol. The van der Waals surface area contributed by atoms with E-state index in [1.54, 1.807) is 4.90 Å². The Morgan fingerprint density at radius 1 is 1.08 bits per heavy atom. The molecule has 0 spiro atoms. The fraction of sp³-hybridized carbons (Fsp3) is 0.611. The molecule has 2 aliphatic carbocycles. The minimum atomic E-state index is -4.48. The fourth-order valence-corrected chi connectivity index (χ4v) is 3.40. The molecule has 3 rings (SSSR count). The maximum Gasteiger partial charge on any atom is 0.418 e. The van der Waals surface area contributed by atoms with Gasteiger partial charge in [-0.15, -0.1) is 0 Å². The highest BCUT2D eigenvalue weighted by molar-refractivity contribution is 5.90. The standard InChI is InChI=1S/C18H23F3N2O/c19-18(20,21)15-8-4-5-9-16(15)22-17(24)23(12-13-10-11-13)14-6-2-1-3-7-14/h4-5,8-9,13-14H,1-3,6-7,10-12H2,(H,22,24). The first-order chi connectivity index (χ1) is 11.4. The monoisotopic (exact) mass is 340 g/mol. The molecular formula is C18H23F3N2O. The van der Waals surface area contributed by atoms with Gasteiger partial charge in [0.05, 0.1) is 11.3 Å². The zero-order valence-electron chi connectivity index (χ0n) is 13.6. The van der Waals surface area contributed by atoms with Crippen LogP contribution in [0.3, 0.4) is 0 Å². The Kier molecular flexibility index (Phi) is 5.01. The summed E-state index contributed by atoms with van der Waals surface area (Å²) in [6.07, 6.45) is 2.96. The van der Waals surface area contributed by atoms with Gasteiger partial charge in [0.25, 0.3) is 0 Å². The number of carbonyl (C=O) groups is 1. The minimum absolute atomic E-state index is 0.150. The molecule has 1 aromatic carbocycles. The number of hydrogen-bond donors (Lipinski definition) is 1. The van der Waals surface area contributed by atoms with Crippen LogP contribution >= 0.6 is 0 Å². The van der Waals surface area contributed by atoms with Crippen molar-refractivity contribution in [3.63, 3.8) is 0 Å². The summed E-state index contributed by atoms with van der Waals surface area (Å²) >= 11 is 0. The van der Waals surface area contributed by atoms with Gasteiger partial charge in [0.2, 0.25) is 0 Å². The molecule has 2 aliphatic rings. The lowest BCUT2D eigenvalue weighted by Gasteiger charge is -2.34. The van der Waals surface area contributed by atoms with Gasteiger partial charge in [0, 0.05) is 12.6 Å². The summed E-state index contributed by atoms with van der Waals surface area (Å²) < 4.78 is 39.3. The number of anilines is 1. The molecule has 1 aromatic rings. The molecule has 0 saturated heterocycles. The van der Waals surface area contributed by atoms with Gasteiger partial charge in [0.15, 0.2) is 0 Å². The highest BCUT2D eigenvalue weighted by Gasteiger charge is 2.35. The van der Waals surface area contributed by atoms with E-state index in [1.165, 1.54) is 24.6 Å². The fourth-order valence-electron chi connectivity index (χ4n) is 3.40. The van der Waals surface area contributed by atoms with Crippen molar-refractivity contribution in [1.82, 2.24) is 4.90 Å². The number of rotatable bonds is 4. The molecule has 132 valence electrons. The van der Waals surface area contributed by atoms with Crippen molar-refractivity contribution in [2.45, 2.75) is 57.2 Å². The van der Waals surface area contributed by atoms with Crippen LogP contribution in [0.4, 0.5) is 23.7 Å². The van der Waals surface area contributed by atoms with Crippen LogP contribution in [-0.2, 0) is 6.18 Å². The second-order valence-corrected chi connectivity index (χ2v) is 6.86. The van der Waals surface area contributed by atoms with E-state index in [0.29, 0.717) is 12.5 Å². The van der Waals surface area contributed by atoms with E-state index < -0.39 is 17.8 Å². The van der Waals surface area contributed by atoms with Crippen molar-refractivity contribution >= 4 is 11.7 Å². The van der Waals surface area contributed by atoms with E-state index in [-0.39, 0.29) is 11.7 Å². The lowest BCUT2D eigenvalue weighted by atomic mass is 9.94. The van der Waals surface area contributed by atoms with Crippen LogP contribution in [0, 0.1) is 5.92 Å². The summed E-state index contributed by atoms with van der Waals surface area (Å²) in [5, 5.41) is 2.51. The Hall–Kier alpha value is -1.72. The number of amides is 2. The molecule has 6 heteroatoms. The zero-order chi connectivity index (χ0) is 17.2. The number of carbonyl (C=O) groups excluding carboxylic acids is 1. The first-order valence-electron chi connectivity index (χ1n) is 8.69. The molecule has 24 heavy (non-hydrogen) atoms. The molecule has 0 heterocycles. The van der Waals surface area contributed by atoms with Crippen molar-refractivity contribution in [1.29, 1.82) is 0 Å². The minimum Gasteiger partial charge on any atom is -0.321 e. The van der Waals surface area contributed by atoms with Crippen LogP contribution in [0.5, 0.6) is 0 Å². The third-order valence-electron chi connectivity index (χ3n) is 4.90. The third-order valence-corrected chi connectivity index (χ3v) is 4.90. The summed E-state index contributed by atoms with van der Waals surface area (Å²) in [6.45, 7) is 0.657. The van der Waals surface area contributed by atoms with Crippen molar-refractivity contribution in [2.24, 2.45) is 5.92 Å². The second kappa shape index (κ2) is 7.03. The largest absolute Gasteiger partial charge is 0.418 e. The number of nitrogens with one attached hydrogen (secondary N) is 1. The first-order valence-corrected chi connectivity index (χ1v) is 8.69. The molecule has 0 radical (unpaired) electrons. The summed E-state index contributed by atoms with van der Waals surface area (Å²) in [7, 11) is 0. The van der Waals surface area contributed by atoms with Crippen molar-refractivity contribution in [3.05, 3.63) is 29.8 Å². The average molecular weight is 340 g/mol. The summed E-state index contributed by atoms with van der Waals surface area (Å²) in [4.78, 5) is 14.5. The zero-order valence-corrected chi connectivity index (χ0v) is 13.6. The molecule has 0 atom stereocenters. The van der Waals surface area contributed by atoms with Gasteiger partial charge in [-0.2, -0.15) is 13.2 Å². The number of alkyl halides is 3. The number of nitrogens with zero attached hydrogens (tertiary/aromatic N) is 1. The Morgan fingerprint density at radius 3 is 2.38 bits per heavy atom. The van der Waals surface area contributed by atoms with Crippen molar-refractivity contribution in [3.8, 4) is 0 Å². The Labute approximate surface area is 140 Å². The van der Waals surface area contributed by atoms with Gasteiger partial charge < -0.3 is 10.2 Å². The van der Waals surface area contributed by atoms with Gasteiger partial charge >= 0.3 is 12.2 Å². The highest BCUT2D eigenvalue weighted by Crippen LogP contribution is 2.36. The predicted molar refractivity (Wildman–Crippen MR) is 86.8 cm³/mol. The molecule has 3 nitrogen and oxygen atoms in total. The van der Waals surface area contributed by atoms with Crippen LogP contribution in [-0.4, -0.2) is 23.5 Å². The molecule has 2 saturated carbocycles. The van der Waals surface area contributed by atoms with Gasteiger partial charge in [0.1, 0.15) is 0 Å². The lowest BCUT2D eigenvalue weighted by molar-refractivity contribution is -0.136. The van der Waals surface area contributed by atoms with Gasteiger partial charge in [-0.05, 0) is 43.7 Å². The van der Waals surface area contributed by atoms with Crippen LogP contribution < -0.4 is 5.32 Å². The van der Waals surface area contributed by atoms with Crippen LogP contribution in [0.25, 0.3) is 0 Å². The molecule has 2 amide bonds. The second-order valence-electron chi connectivity index (χ2n) is 6.86. The van der Waals surface area contributed by atoms with E-state index in [1.807, 2.05) is 0 Å². The van der Waals surface area contributed by atoms with Crippen molar-refractivity contribution < 1.29 is 18.0 Å². The van der Waals surface area contributed by atoms with E-state index in [9.17, 15) is 18.0 Å². The molecule has 0 aliphatic heterocycles. The van der Waals surface area contributed by atoms with E-state index >= 15 is 0 Å². The Morgan fingerprint density at radius 2 is 1.75 bits per heavy atom. The van der Waals surface area contributed by atoms with Crippen LogP contribution in [0.2, 0.25) is 0 Å².